The molecule has 0 amide bonds. The van der Waals surface area contributed by atoms with E-state index >= 15 is 0 Å². The van der Waals surface area contributed by atoms with Crippen molar-refractivity contribution in [3.63, 3.8) is 0 Å². The number of hydrogen-bond donors (Lipinski definition) is 0. The summed E-state index contributed by atoms with van der Waals surface area (Å²) in [6.07, 6.45) is 0. The van der Waals surface area contributed by atoms with Gasteiger partial charge in [-0.05, 0) is 37.3 Å². The molecule has 1 saturated heterocycles. The maximum Gasteiger partial charge on any atom is 0.226 e. The number of piperazine rings is 1. The number of oxazole rings is 1. The van der Waals surface area contributed by atoms with Crippen molar-refractivity contribution in [2.24, 2.45) is 0 Å². The summed E-state index contributed by atoms with van der Waals surface area (Å²) in [5, 5.41) is 0. The molecule has 0 N–H and O–H groups in total. The van der Waals surface area contributed by atoms with E-state index in [1.54, 1.807) is 7.11 Å². The number of nitrogens with zero attached hydrogens (tertiary/aromatic N) is 3. The maximum atomic E-state index is 6.00. The van der Waals surface area contributed by atoms with Gasteiger partial charge in [0.1, 0.15) is 17.3 Å². The highest BCUT2D eigenvalue weighted by atomic mass is 16.5. The van der Waals surface area contributed by atoms with Gasteiger partial charge in [0.2, 0.25) is 5.89 Å². The number of rotatable bonds is 8. The molecule has 3 aromatic rings. The van der Waals surface area contributed by atoms with Gasteiger partial charge in [0.15, 0.2) is 0 Å². The minimum atomic E-state index is 0.639. The van der Waals surface area contributed by atoms with E-state index in [4.69, 9.17) is 18.9 Å². The lowest BCUT2D eigenvalue weighted by Gasteiger charge is -2.34. The van der Waals surface area contributed by atoms with Crippen molar-refractivity contribution >= 4 is 0 Å². The molecule has 6 nitrogen and oxygen atoms in total. The molecule has 158 valence electrons. The lowest BCUT2D eigenvalue weighted by Crippen LogP contribution is -2.46. The summed E-state index contributed by atoms with van der Waals surface area (Å²) in [5.41, 5.74) is 1.92. The first-order valence-corrected chi connectivity index (χ1v) is 10.4. The predicted octanol–water partition coefficient (Wildman–Crippen LogP) is 4.21. The Balaban J connectivity index is 1.40. The zero-order chi connectivity index (χ0) is 20.8. The van der Waals surface area contributed by atoms with Gasteiger partial charge in [-0.3, -0.25) is 9.80 Å². The van der Waals surface area contributed by atoms with Crippen molar-refractivity contribution in [1.29, 1.82) is 0 Å². The lowest BCUT2D eigenvalue weighted by atomic mass is 10.2. The molecule has 0 unspecified atom stereocenters. The summed E-state index contributed by atoms with van der Waals surface area (Å²) in [6.45, 7) is 8.78. The standard InChI is InChI=1S/C24H29N3O3/c1-19-23(18-27-13-11-26(12-14-27)15-16-28-2)25-24(29-19)20-7-6-10-22(17-20)30-21-8-4-3-5-9-21/h3-10,17H,11-16,18H2,1-2H3. The molecule has 0 aliphatic carbocycles. The average molecular weight is 408 g/mol. The molecule has 4 rings (SSSR count). The highest BCUT2D eigenvalue weighted by Gasteiger charge is 2.20. The summed E-state index contributed by atoms with van der Waals surface area (Å²) in [6, 6.07) is 17.6. The van der Waals surface area contributed by atoms with E-state index in [1.807, 2.05) is 61.5 Å². The van der Waals surface area contributed by atoms with E-state index < -0.39 is 0 Å². The first kappa shape index (κ1) is 20.6. The molecule has 2 aromatic carbocycles. The van der Waals surface area contributed by atoms with E-state index in [0.717, 1.165) is 74.4 Å². The second-order valence-corrected chi connectivity index (χ2v) is 7.58. The molecule has 0 bridgehead atoms. The van der Waals surface area contributed by atoms with Crippen LogP contribution >= 0.6 is 0 Å². The Labute approximate surface area is 178 Å². The van der Waals surface area contributed by atoms with Crippen molar-refractivity contribution in [3.05, 3.63) is 66.1 Å². The van der Waals surface area contributed by atoms with E-state index in [2.05, 4.69) is 9.80 Å². The third-order valence-corrected chi connectivity index (χ3v) is 5.40. The van der Waals surface area contributed by atoms with Gasteiger partial charge in [-0.25, -0.2) is 4.98 Å². The van der Waals surface area contributed by atoms with Crippen LogP contribution in [0.1, 0.15) is 11.5 Å². The molecule has 1 aliphatic rings. The maximum absolute atomic E-state index is 6.00. The number of ether oxygens (including phenoxy) is 2. The number of para-hydroxylation sites is 1. The fourth-order valence-corrected chi connectivity index (χ4v) is 3.62. The highest BCUT2D eigenvalue weighted by molar-refractivity contribution is 5.57. The summed E-state index contributed by atoms with van der Waals surface area (Å²) in [4.78, 5) is 9.67. The number of methoxy groups -OCH3 is 1. The molecular formula is C24H29N3O3. The van der Waals surface area contributed by atoms with Gasteiger partial charge in [0, 0.05) is 51.9 Å². The quantitative estimate of drug-likeness (QED) is 0.558. The molecular weight excluding hydrogens is 378 g/mol. The molecule has 2 heterocycles. The normalized spacial score (nSPS) is 15.4. The highest BCUT2D eigenvalue weighted by Crippen LogP contribution is 2.28. The van der Waals surface area contributed by atoms with Gasteiger partial charge >= 0.3 is 0 Å². The van der Waals surface area contributed by atoms with Crippen LogP contribution in [0.15, 0.2) is 59.0 Å². The Morgan fingerprint density at radius 1 is 0.933 bits per heavy atom. The van der Waals surface area contributed by atoms with E-state index in [0.29, 0.717) is 5.89 Å². The smallest absolute Gasteiger partial charge is 0.226 e. The Morgan fingerprint density at radius 3 is 2.43 bits per heavy atom. The number of benzene rings is 2. The van der Waals surface area contributed by atoms with Crippen LogP contribution in [0.3, 0.4) is 0 Å². The minimum absolute atomic E-state index is 0.639. The van der Waals surface area contributed by atoms with Crippen molar-refractivity contribution in [2.45, 2.75) is 13.5 Å². The largest absolute Gasteiger partial charge is 0.457 e. The molecule has 6 heteroatoms. The van der Waals surface area contributed by atoms with Crippen LogP contribution < -0.4 is 4.74 Å². The molecule has 0 saturated carbocycles. The van der Waals surface area contributed by atoms with Gasteiger partial charge in [-0.2, -0.15) is 0 Å². The minimum Gasteiger partial charge on any atom is -0.457 e. The van der Waals surface area contributed by atoms with E-state index in [1.165, 1.54) is 0 Å². The average Bonchev–Trinajstić information content (AvgIpc) is 3.14. The molecule has 1 aliphatic heterocycles. The van der Waals surface area contributed by atoms with Crippen molar-refractivity contribution in [2.75, 3.05) is 46.4 Å². The monoisotopic (exact) mass is 407 g/mol. The fraction of sp³-hybridized carbons (Fsp3) is 0.375. The number of hydrogen-bond acceptors (Lipinski definition) is 6. The Morgan fingerprint density at radius 2 is 1.67 bits per heavy atom. The summed E-state index contributed by atoms with van der Waals surface area (Å²) in [5.74, 6) is 3.09. The predicted molar refractivity (Wildman–Crippen MR) is 117 cm³/mol. The Hall–Kier alpha value is -2.67. The first-order valence-electron chi connectivity index (χ1n) is 10.4. The zero-order valence-electron chi connectivity index (χ0n) is 17.7. The van der Waals surface area contributed by atoms with Crippen LogP contribution in [0.2, 0.25) is 0 Å². The van der Waals surface area contributed by atoms with Gasteiger partial charge in [0.25, 0.3) is 0 Å². The lowest BCUT2D eigenvalue weighted by molar-refractivity contribution is 0.0931. The SMILES string of the molecule is COCCN1CCN(Cc2nc(-c3cccc(Oc4ccccc4)c3)oc2C)CC1. The van der Waals surface area contributed by atoms with Crippen LogP contribution in [0.4, 0.5) is 0 Å². The van der Waals surface area contributed by atoms with Crippen LogP contribution in [-0.4, -0.2) is 61.2 Å². The Kier molecular flexibility index (Phi) is 6.79. The number of aromatic nitrogens is 1. The van der Waals surface area contributed by atoms with Crippen LogP contribution in [0.25, 0.3) is 11.5 Å². The Bertz CT molecular complexity index is 934. The van der Waals surface area contributed by atoms with Crippen molar-refractivity contribution < 1.29 is 13.9 Å². The van der Waals surface area contributed by atoms with Crippen molar-refractivity contribution in [1.82, 2.24) is 14.8 Å². The van der Waals surface area contributed by atoms with Gasteiger partial charge in [0.05, 0.1) is 12.3 Å². The number of aryl methyl sites for hydroxylation is 1. The van der Waals surface area contributed by atoms with Gasteiger partial charge < -0.3 is 13.9 Å². The molecule has 0 spiro atoms. The summed E-state index contributed by atoms with van der Waals surface area (Å²) in [7, 11) is 1.75. The van der Waals surface area contributed by atoms with E-state index in [-0.39, 0.29) is 0 Å². The molecule has 0 radical (unpaired) electrons. The summed E-state index contributed by atoms with van der Waals surface area (Å²) >= 11 is 0. The molecule has 0 atom stereocenters. The van der Waals surface area contributed by atoms with Crippen LogP contribution in [-0.2, 0) is 11.3 Å². The topological polar surface area (TPSA) is 51.0 Å². The van der Waals surface area contributed by atoms with Gasteiger partial charge in [-0.1, -0.05) is 24.3 Å². The van der Waals surface area contributed by atoms with Gasteiger partial charge in [-0.15, -0.1) is 0 Å². The molecule has 1 fully saturated rings. The third kappa shape index (κ3) is 5.27. The van der Waals surface area contributed by atoms with Crippen LogP contribution in [0.5, 0.6) is 11.5 Å². The van der Waals surface area contributed by atoms with E-state index in [9.17, 15) is 0 Å². The second kappa shape index (κ2) is 9.89. The third-order valence-electron chi connectivity index (χ3n) is 5.40. The van der Waals surface area contributed by atoms with Crippen molar-refractivity contribution in [3.8, 4) is 23.0 Å². The summed E-state index contributed by atoms with van der Waals surface area (Å²) < 4.78 is 17.1. The molecule has 1 aromatic heterocycles. The zero-order valence-corrected chi connectivity index (χ0v) is 17.7. The van der Waals surface area contributed by atoms with Crippen LogP contribution in [0, 0.1) is 6.92 Å². The molecule has 30 heavy (non-hydrogen) atoms. The second-order valence-electron chi connectivity index (χ2n) is 7.58. The first-order chi connectivity index (χ1) is 14.7. The fourth-order valence-electron chi connectivity index (χ4n) is 3.62.